The van der Waals surface area contributed by atoms with Crippen molar-refractivity contribution in [2.45, 2.75) is 19.8 Å². The second-order valence-corrected chi connectivity index (χ2v) is 4.91. The summed E-state index contributed by atoms with van der Waals surface area (Å²) < 4.78 is 13.2. The number of tetrazole rings is 1. The highest BCUT2D eigenvalue weighted by Crippen LogP contribution is 2.13. The fourth-order valence-electron chi connectivity index (χ4n) is 2.23. The predicted molar refractivity (Wildman–Crippen MR) is 74.6 cm³/mol. The Morgan fingerprint density at radius 3 is 2.85 bits per heavy atom. The van der Waals surface area contributed by atoms with E-state index < -0.39 is 0 Å². The minimum Gasteiger partial charge on any atom is -0.317 e. The molecule has 2 aromatic rings. The monoisotopic (exact) mass is 277 g/mol. The topological polar surface area (TPSA) is 55.6 Å². The molecule has 0 aliphatic heterocycles. The number of hydrogen-bond donors (Lipinski definition) is 1. The lowest BCUT2D eigenvalue weighted by Crippen LogP contribution is -2.26. The highest BCUT2D eigenvalue weighted by Gasteiger charge is 2.14. The molecule has 0 fully saturated rings. The summed E-state index contributed by atoms with van der Waals surface area (Å²) in [6.07, 6.45) is 1.53. The number of nitrogens with zero attached hydrogens (tertiary/aromatic N) is 4. The fraction of sp³-hybridized carbons (Fsp3) is 0.500. The van der Waals surface area contributed by atoms with E-state index in [4.69, 9.17) is 0 Å². The fourth-order valence-corrected chi connectivity index (χ4v) is 2.23. The molecule has 0 aliphatic rings. The smallest absolute Gasteiger partial charge is 0.175 e. The van der Waals surface area contributed by atoms with Gasteiger partial charge in [-0.25, -0.2) is 4.39 Å². The average molecular weight is 277 g/mol. The van der Waals surface area contributed by atoms with Crippen LogP contribution in [-0.4, -0.2) is 33.3 Å². The first-order chi connectivity index (χ1) is 9.67. The third-order valence-electron chi connectivity index (χ3n) is 3.12. The van der Waals surface area contributed by atoms with Gasteiger partial charge < -0.3 is 5.32 Å². The number of hydrogen-bond acceptors (Lipinski definition) is 4. The van der Waals surface area contributed by atoms with Crippen molar-refractivity contribution in [2.24, 2.45) is 13.0 Å². The maximum atomic E-state index is 13.2. The van der Waals surface area contributed by atoms with Crippen molar-refractivity contribution in [1.29, 1.82) is 0 Å². The van der Waals surface area contributed by atoms with Crippen molar-refractivity contribution in [2.75, 3.05) is 13.1 Å². The van der Waals surface area contributed by atoms with Crippen LogP contribution in [0.15, 0.2) is 24.3 Å². The molecule has 0 radical (unpaired) electrons. The van der Waals surface area contributed by atoms with Gasteiger partial charge in [-0.15, -0.1) is 10.2 Å². The van der Waals surface area contributed by atoms with Crippen LogP contribution in [-0.2, 0) is 19.9 Å². The molecule has 1 aromatic carbocycles. The van der Waals surface area contributed by atoms with Crippen molar-refractivity contribution in [3.63, 3.8) is 0 Å². The summed E-state index contributed by atoms with van der Waals surface area (Å²) in [6.45, 7) is 3.83. The predicted octanol–water partition coefficient (Wildman–Crippen LogP) is 1.36. The van der Waals surface area contributed by atoms with Gasteiger partial charge in [0.15, 0.2) is 5.82 Å². The lowest BCUT2D eigenvalue weighted by Gasteiger charge is -2.15. The minimum atomic E-state index is -0.192. The van der Waals surface area contributed by atoms with Crippen LogP contribution in [0.4, 0.5) is 4.39 Å². The maximum Gasteiger partial charge on any atom is 0.175 e. The SMILES string of the molecule is CCNCC(Cc1cccc(F)c1)Cc1nnn(C)n1. The molecular weight excluding hydrogens is 257 g/mol. The van der Waals surface area contributed by atoms with Crippen molar-refractivity contribution < 1.29 is 4.39 Å². The Labute approximate surface area is 118 Å². The maximum absolute atomic E-state index is 13.2. The van der Waals surface area contributed by atoms with Gasteiger partial charge in [-0.05, 0) is 48.3 Å². The van der Waals surface area contributed by atoms with Crippen molar-refractivity contribution >= 4 is 0 Å². The van der Waals surface area contributed by atoms with Crippen LogP contribution in [0.25, 0.3) is 0 Å². The lowest BCUT2D eigenvalue weighted by molar-refractivity contribution is 0.466. The van der Waals surface area contributed by atoms with E-state index in [9.17, 15) is 4.39 Å². The number of rotatable bonds is 7. The summed E-state index contributed by atoms with van der Waals surface area (Å²) in [7, 11) is 1.75. The molecule has 1 atom stereocenters. The Morgan fingerprint density at radius 2 is 2.20 bits per heavy atom. The van der Waals surface area contributed by atoms with E-state index in [1.54, 1.807) is 19.2 Å². The first-order valence-corrected chi connectivity index (χ1v) is 6.85. The average Bonchev–Trinajstić information content (AvgIpc) is 2.81. The Bertz CT molecular complexity index is 540. The molecular formula is C14H20FN5. The molecule has 108 valence electrons. The summed E-state index contributed by atoms with van der Waals surface area (Å²) in [4.78, 5) is 1.46. The molecule has 1 heterocycles. The Balaban J connectivity index is 2.02. The third kappa shape index (κ3) is 4.38. The molecule has 2 rings (SSSR count). The third-order valence-corrected chi connectivity index (χ3v) is 3.12. The van der Waals surface area contributed by atoms with Gasteiger partial charge in [0.25, 0.3) is 0 Å². The largest absolute Gasteiger partial charge is 0.317 e. The Kier molecular flexibility index (Phi) is 5.17. The summed E-state index contributed by atoms with van der Waals surface area (Å²) in [5.74, 6) is 0.857. The summed E-state index contributed by atoms with van der Waals surface area (Å²) in [5.41, 5.74) is 0.997. The molecule has 1 N–H and O–H groups in total. The molecule has 1 unspecified atom stereocenters. The number of benzene rings is 1. The van der Waals surface area contributed by atoms with Gasteiger partial charge >= 0.3 is 0 Å². The zero-order chi connectivity index (χ0) is 14.4. The summed E-state index contributed by atoms with van der Waals surface area (Å²) >= 11 is 0. The van der Waals surface area contributed by atoms with Gasteiger partial charge in [-0.3, -0.25) is 0 Å². The quantitative estimate of drug-likeness (QED) is 0.830. The Morgan fingerprint density at radius 1 is 1.35 bits per heavy atom. The van der Waals surface area contributed by atoms with Crippen LogP contribution >= 0.6 is 0 Å². The second-order valence-electron chi connectivity index (χ2n) is 4.91. The van der Waals surface area contributed by atoms with Gasteiger partial charge in [-0.1, -0.05) is 19.1 Å². The van der Waals surface area contributed by atoms with Gasteiger partial charge in [0.05, 0.1) is 7.05 Å². The van der Waals surface area contributed by atoms with Gasteiger partial charge in [-0.2, -0.15) is 4.80 Å². The molecule has 20 heavy (non-hydrogen) atoms. The lowest BCUT2D eigenvalue weighted by atomic mass is 9.95. The van der Waals surface area contributed by atoms with Crippen LogP contribution < -0.4 is 5.32 Å². The van der Waals surface area contributed by atoms with Crippen molar-refractivity contribution in [3.8, 4) is 0 Å². The van der Waals surface area contributed by atoms with E-state index in [1.807, 2.05) is 6.07 Å². The van der Waals surface area contributed by atoms with E-state index in [0.29, 0.717) is 5.92 Å². The van der Waals surface area contributed by atoms with Crippen molar-refractivity contribution in [1.82, 2.24) is 25.5 Å². The van der Waals surface area contributed by atoms with E-state index in [0.717, 1.165) is 37.3 Å². The van der Waals surface area contributed by atoms with Crippen molar-refractivity contribution in [3.05, 3.63) is 41.5 Å². The first kappa shape index (κ1) is 14.6. The molecule has 0 bridgehead atoms. The first-order valence-electron chi connectivity index (χ1n) is 6.85. The van der Waals surface area contributed by atoms with Gasteiger partial charge in [0.1, 0.15) is 5.82 Å². The van der Waals surface area contributed by atoms with E-state index in [2.05, 4.69) is 27.7 Å². The van der Waals surface area contributed by atoms with Crippen LogP contribution in [0, 0.1) is 11.7 Å². The summed E-state index contributed by atoms with van der Waals surface area (Å²) in [5, 5.41) is 15.4. The molecule has 5 nitrogen and oxygen atoms in total. The zero-order valence-electron chi connectivity index (χ0n) is 11.9. The second kappa shape index (κ2) is 7.09. The molecule has 1 aromatic heterocycles. The Hall–Kier alpha value is -1.82. The zero-order valence-corrected chi connectivity index (χ0v) is 11.9. The number of aromatic nitrogens is 4. The molecule has 0 saturated heterocycles. The molecule has 0 saturated carbocycles. The van der Waals surface area contributed by atoms with Gasteiger partial charge in [0.2, 0.25) is 0 Å². The molecule has 0 amide bonds. The van der Waals surface area contributed by atoms with E-state index >= 15 is 0 Å². The highest BCUT2D eigenvalue weighted by atomic mass is 19.1. The number of aryl methyl sites for hydroxylation is 1. The summed E-state index contributed by atoms with van der Waals surface area (Å²) in [6, 6.07) is 6.75. The standard InChI is InChI=1S/C14H20FN5/c1-3-16-10-12(9-14-17-19-20(2)18-14)7-11-5-4-6-13(15)8-11/h4-6,8,12,16H,3,7,9-10H2,1-2H3. The molecule has 0 spiro atoms. The number of nitrogens with one attached hydrogen (secondary N) is 1. The number of halogens is 1. The normalized spacial score (nSPS) is 12.6. The molecule has 0 aliphatic carbocycles. The minimum absolute atomic E-state index is 0.192. The van der Waals surface area contributed by atoms with Crippen LogP contribution in [0.3, 0.4) is 0 Å². The van der Waals surface area contributed by atoms with Crippen LogP contribution in [0.5, 0.6) is 0 Å². The highest BCUT2D eigenvalue weighted by molar-refractivity contribution is 5.17. The van der Waals surface area contributed by atoms with Crippen LogP contribution in [0.2, 0.25) is 0 Å². The molecule has 6 heteroatoms. The van der Waals surface area contributed by atoms with Crippen LogP contribution in [0.1, 0.15) is 18.3 Å². The van der Waals surface area contributed by atoms with E-state index in [-0.39, 0.29) is 5.82 Å². The van der Waals surface area contributed by atoms with E-state index in [1.165, 1.54) is 10.9 Å². The van der Waals surface area contributed by atoms with Gasteiger partial charge in [0, 0.05) is 6.42 Å².